The second kappa shape index (κ2) is 6.70. The molecule has 1 aromatic rings. The molecule has 24 heavy (non-hydrogen) atoms. The van der Waals surface area contributed by atoms with Crippen LogP contribution >= 0.6 is 12.2 Å². The Hall–Kier alpha value is -1.64. The maximum Gasteiger partial charge on any atom is 0.433 e. The summed E-state index contributed by atoms with van der Waals surface area (Å²) in [5, 5.41) is 5.96. The van der Waals surface area contributed by atoms with E-state index in [-0.39, 0.29) is 17.1 Å². The van der Waals surface area contributed by atoms with Crippen LogP contribution in [0.5, 0.6) is 0 Å². The third kappa shape index (κ3) is 4.25. The summed E-state index contributed by atoms with van der Waals surface area (Å²) in [4.78, 5) is 9.76. The average Bonchev–Trinajstić information content (AvgIpc) is 3.30. The van der Waals surface area contributed by atoms with Crippen LogP contribution in [0, 0.1) is 0 Å². The van der Waals surface area contributed by atoms with Crippen molar-refractivity contribution in [3.63, 3.8) is 0 Å². The van der Waals surface area contributed by atoms with E-state index in [0.29, 0.717) is 18.4 Å². The van der Waals surface area contributed by atoms with Crippen LogP contribution in [-0.4, -0.2) is 33.7 Å². The van der Waals surface area contributed by atoms with Gasteiger partial charge < -0.3 is 15.5 Å². The Labute approximate surface area is 144 Å². The minimum atomic E-state index is -4.53. The van der Waals surface area contributed by atoms with Crippen molar-refractivity contribution in [2.75, 3.05) is 16.8 Å². The van der Waals surface area contributed by atoms with Crippen LogP contribution < -0.4 is 15.5 Å². The first-order valence-electron chi connectivity index (χ1n) is 8.13. The molecule has 0 aromatic carbocycles. The number of halogens is 3. The van der Waals surface area contributed by atoms with E-state index in [0.717, 1.165) is 38.2 Å². The molecule has 1 aliphatic carbocycles. The van der Waals surface area contributed by atoms with Crippen molar-refractivity contribution in [3.8, 4) is 0 Å². The Kier molecular flexibility index (Phi) is 4.80. The highest BCUT2D eigenvalue weighted by Gasteiger charge is 2.35. The summed E-state index contributed by atoms with van der Waals surface area (Å²) in [5.74, 6) is 0.178. The summed E-state index contributed by atoms with van der Waals surface area (Å²) in [6.07, 6.45) is 0.466. The largest absolute Gasteiger partial charge is 0.433 e. The first kappa shape index (κ1) is 17.2. The number of aromatic nitrogens is 2. The zero-order valence-corrected chi connectivity index (χ0v) is 14.2. The number of rotatable bonds is 3. The molecule has 2 heterocycles. The molecule has 9 heteroatoms. The van der Waals surface area contributed by atoms with Gasteiger partial charge in [-0.05, 0) is 51.2 Å². The molecule has 0 spiro atoms. The minimum Gasteiger partial charge on any atom is -0.360 e. The maximum atomic E-state index is 13.2. The number of piperidine rings is 1. The second-order valence-electron chi connectivity index (χ2n) is 6.34. The smallest absolute Gasteiger partial charge is 0.360 e. The van der Waals surface area contributed by atoms with Crippen molar-refractivity contribution in [3.05, 3.63) is 11.8 Å². The van der Waals surface area contributed by atoms with Gasteiger partial charge in [0.05, 0.1) is 0 Å². The van der Waals surface area contributed by atoms with Gasteiger partial charge in [0.1, 0.15) is 5.82 Å². The van der Waals surface area contributed by atoms with Gasteiger partial charge in [-0.1, -0.05) is 0 Å². The van der Waals surface area contributed by atoms with Crippen molar-refractivity contribution in [2.24, 2.45) is 0 Å². The Balaban J connectivity index is 1.86. The highest BCUT2D eigenvalue weighted by molar-refractivity contribution is 7.80. The van der Waals surface area contributed by atoms with Crippen molar-refractivity contribution in [2.45, 2.75) is 57.3 Å². The van der Waals surface area contributed by atoms with E-state index in [2.05, 4.69) is 20.6 Å². The zero-order chi connectivity index (χ0) is 17.3. The van der Waals surface area contributed by atoms with E-state index in [1.165, 1.54) is 0 Å². The molecule has 1 saturated heterocycles. The average molecular weight is 359 g/mol. The maximum absolute atomic E-state index is 13.2. The topological polar surface area (TPSA) is 53.1 Å². The molecular weight excluding hydrogens is 339 g/mol. The number of hydrogen-bond donors (Lipinski definition) is 2. The van der Waals surface area contributed by atoms with Gasteiger partial charge in [0.15, 0.2) is 10.8 Å². The number of nitrogens with one attached hydrogen (secondary N) is 2. The van der Waals surface area contributed by atoms with E-state index >= 15 is 0 Å². The van der Waals surface area contributed by atoms with Crippen molar-refractivity contribution < 1.29 is 13.2 Å². The summed E-state index contributed by atoms with van der Waals surface area (Å²) in [5.41, 5.74) is -0.956. The molecule has 2 fully saturated rings. The minimum absolute atomic E-state index is 0.115. The highest BCUT2D eigenvalue weighted by atomic mass is 32.1. The van der Waals surface area contributed by atoms with Crippen LogP contribution in [0.1, 0.15) is 44.7 Å². The molecule has 3 rings (SSSR count). The fourth-order valence-corrected chi connectivity index (χ4v) is 3.03. The van der Waals surface area contributed by atoms with Crippen LogP contribution in [-0.2, 0) is 6.18 Å². The lowest BCUT2D eigenvalue weighted by Crippen LogP contribution is -2.38. The van der Waals surface area contributed by atoms with E-state index in [4.69, 9.17) is 12.2 Å². The summed E-state index contributed by atoms with van der Waals surface area (Å²) in [7, 11) is 0. The van der Waals surface area contributed by atoms with Gasteiger partial charge in [-0.2, -0.15) is 18.2 Å². The molecule has 0 bridgehead atoms. The molecule has 2 aliphatic rings. The van der Waals surface area contributed by atoms with Crippen LogP contribution in [0.3, 0.4) is 0 Å². The number of hydrogen-bond acceptors (Lipinski definition) is 4. The fourth-order valence-electron chi connectivity index (χ4n) is 2.77. The summed E-state index contributed by atoms with van der Waals surface area (Å²) in [6, 6.07) is 1.47. The predicted octanol–water partition coefficient (Wildman–Crippen LogP) is 3.32. The number of thiocarbonyl (C=S) groups is 1. The van der Waals surface area contributed by atoms with Gasteiger partial charge in [0.25, 0.3) is 0 Å². The number of anilines is 2. The van der Waals surface area contributed by atoms with Crippen molar-refractivity contribution in [1.82, 2.24) is 15.3 Å². The van der Waals surface area contributed by atoms with Crippen LogP contribution in [0.15, 0.2) is 6.07 Å². The predicted molar refractivity (Wildman–Crippen MR) is 90.1 cm³/mol. The highest BCUT2D eigenvalue weighted by Crippen LogP contribution is 2.32. The van der Waals surface area contributed by atoms with Crippen molar-refractivity contribution >= 4 is 29.1 Å². The second-order valence-corrected chi connectivity index (χ2v) is 6.75. The quantitative estimate of drug-likeness (QED) is 0.808. The van der Waals surface area contributed by atoms with E-state index in [1.54, 1.807) is 0 Å². The van der Waals surface area contributed by atoms with E-state index in [1.807, 2.05) is 11.8 Å². The van der Waals surface area contributed by atoms with Gasteiger partial charge in [0, 0.05) is 24.7 Å². The summed E-state index contributed by atoms with van der Waals surface area (Å²) < 4.78 is 39.6. The van der Waals surface area contributed by atoms with Gasteiger partial charge in [-0.25, -0.2) is 4.98 Å². The lowest BCUT2D eigenvalue weighted by Gasteiger charge is -2.34. The van der Waals surface area contributed by atoms with Gasteiger partial charge in [-0.15, -0.1) is 0 Å². The monoisotopic (exact) mass is 359 g/mol. The molecule has 0 unspecified atom stereocenters. The number of nitrogens with zero attached hydrogens (tertiary/aromatic N) is 3. The standard InChI is InChI=1S/C15H20F3N5S/c1-9-4-2-3-7-23(9)12-8-11(15(16,17)18)20-13(21-12)22-14(24)19-10-5-6-10/h8-10H,2-7H2,1H3,(H2,19,20,21,22,24)/t9-/m0/s1. The third-order valence-corrected chi connectivity index (χ3v) is 4.46. The molecule has 0 radical (unpaired) electrons. The van der Waals surface area contributed by atoms with Gasteiger partial charge in [0.2, 0.25) is 5.95 Å². The van der Waals surface area contributed by atoms with E-state index < -0.39 is 11.9 Å². The van der Waals surface area contributed by atoms with Gasteiger partial charge >= 0.3 is 6.18 Å². The van der Waals surface area contributed by atoms with Crippen LogP contribution in [0.4, 0.5) is 24.9 Å². The Bertz CT molecular complexity index is 618. The first-order chi connectivity index (χ1) is 11.3. The molecule has 1 saturated carbocycles. The first-order valence-corrected chi connectivity index (χ1v) is 8.54. The summed E-state index contributed by atoms with van der Waals surface area (Å²) in [6.45, 7) is 2.70. The molecule has 132 valence electrons. The Morgan fingerprint density at radius 3 is 2.62 bits per heavy atom. The molecule has 1 aliphatic heterocycles. The lowest BCUT2D eigenvalue weighted by molar-refractivity contribution is -0.141. The zero-order valence-electron chi connectivity index (χ0n) is 13.4. The third-order valence-electron chi connectivity index (χ3n) is 4.24. The van der Waals surface area contributed by atoms with Crippen LogP contribution in [0.2, 0.25) is 0 Å². The van der Waals surface area contributed by atoms with E-state index in [9.17, 15) is 13.2 Å². The normalized spacial score (nSPS) is 21.5. The Morgan fingerprint density at radius 2 is 2.00 bits per heavy atom. The molecule has 2 N–H and O–H groups in total. The Morgan fingerprint density at radius 1 is 1.25 bits per heavy atom. The SMILES string of the molecule is C[C@H]1CCCCN1c1cc(C(F)(F)F)nc(NC(=S)NC2CC2)n1. The molecule has 0 amide bonds. The van der Waals surface area contributed by atoms with Gasteiger partial charge in [-0.3, -0.25) is 0 Å². The molecular formula is C15H20F3N5S. The lowest BCUT2D eigenvalue weighted by atomic mass is 10.0. The summed E-state index contributed by atoms with van der Waals surface area (Å²) >= 11 is 5.11. The van der Waals surface area contributed by atoms with Crippen LogP contribution in [0.25, 0.3) is 0 Å². The molecule has 5 nitrogen and oxygen atoms in total. The number of alkyl halides is 3. The van der Waals surface area contributed by atoms with Crippen molar-refractivity contribution in [1.29, 1.82) is 0 Å². The molecule has 1 aromatic heterocycles. The fraction of sp³-hybridized carbons (Fsp3) is 0.667. The molecule has 1 atom stereocenters.